The number of nitrogens with one attached hydrogen (secondary N) is 1. The molecule has 0 heterocycles. The highest BCUT2D eigenvalue weighted by molar-refractivity contribution is 7.80. The Morgan fingerprint density at radius 3 is 2.60 bits per heavy atom. The highest BCUT2D eigenvalue weighted by atomic mass is 32.1. The number of hydrogen-bond donors (Lipinski definition) is 2. The van der Waals surface area contributed by atoms with E-state index in [9.17, 15) is 0 Å². The molecule has 0 amide bonds. The van der Waals surface area contributed by atoms with Crippen LogP contribution in [0.15, 0.2) is 17.0 Å². The Morgan fingerprint density at radius 2 is 2.20 bits per heavy atom. The third-order valence-corrected chi connectivity index (χ3v) is 0.962. The van der Waals surface area contributed by atoms with Gasteiger partial charge in [0.05, 0.1) is 0 Å². The van der Waals surface area contributed by atoms with E-state index in [0.29, 0.717) is 0 Å². The summed E-state index contributed by atoms with van der Waals surface area (Å²) >= 11 is 4.69. The molecule has 56 valence electrons. The number of aliphatic hydroxyl groups excluding tert-OH is 1. The van der Waals surface area contributed by atoms with Gasteiger partial charge >= 0.3 is 0 Å². The molecule has 0 atom stereocenters. The van der Waals surface area contributed by atoms with Gasteiger partial charge in [-0.3, -0.25) is 0 Å². The van der Waals surface area contributed by atoms with Crippen LogP contribution in [0, 0.1) is 0 Å². The van der Waals surface area contributed by atoms with E-state index in [1.54, 1.807) is 20.1 Å². The number of nitrogens with zero attached hydrogens (tertiary/aromatic N) is 1. The Labute approximate surface area is 65.5 Å². The van der Waals surface area contributed by atoms with E-state index in [1.807, 2.05) is 0 Å². The second-order valence-electron chi connectivity index (χ2n) is 1.49. The molecule has 2 N–H and O–H groups in total. The summed E-state index contributed by atoms with van der Waals surface area (Å²) < 4.78 is 0. The molecule has 0 aromatic rings. The molecule has 0 saturated heterocycles. The van der Waals surface area contributed by atoms with Crippen molar-refractivity contribution in [3.8, 4) is 0 Å². The zero-order valence-electron chi connectivity index (χ0n) is 5.96. The minimum Gasteiger partial charge on any atom is -0.495 e. The lowest BCUT2D eigenvalue weighted by molar-refractivity contribution is 0.387. The average molecular weight is 158 g/mol. The van der Waals surface area contributed by atoms with E-state index in [2.05, 4.69) is 22.5 Å². The fourth-order valence-corrected chi connectivity index (χ4v) is 0.541. The Morgan fingerprint density at radius 1 is 1.60 bits per heavy atom. The summed E-state index contributed by atoms with van der Waals surface area (Å²) in [6.45, 7) is 3.45. The van der Waals surface area contributed by atoms with Gasteiger partial charge in [0.25, 0.3) is 0 Å². The first kappa shape index (κ1) is 9.10. The van der Waals surface area contributed by atoms with Crippen LogP contribution >= 0.6 is 12.2 Å². The van der Waals surface area contributed by atoms with E-state index in [1.165, 1.54) is 6.08 Å². The summed E-state index contributed by atoms with van der Waals surface area (Å²) in [6.07, 6.45) is 3.05. The Kier molecular flexibility index (Phi) is 4.49. The predicted octanol–water partition coefficient (Wildman–Crippen LogP) is 1.37. The molecule has 0 bridgehead atoms. The van der Waals surface area contributed by atoms with Gasteiger partial charge in [-0.05, 0) is 32.1 Å². The maximum absolute atomic E-state index is 8.84. The molecule has 0 fully saturated rings. The third kappa shape index (κ3) is 4.03. The molecule has 3 nitrogen and oxygen atoms in total. The van der Waals surface area contributed by atoms with Crippen LogP contribution in [0.2, 0.25) is 0 Å². The number of aliphatic imine (C=N–C) groups is 1. The summed E-state index contributed by atoms with van der Waals surface area (Å²) in [5.74, 6) is 0.0237. The van der Waals surface area contributed by atoms with Crippen molar-refractivity contribution in [3.05, 3.63) is 12.0 Å². The molecule has 0 radical (unpaired) electrons. The molecule has 10 heavy (non-hydrogen) atoms. The number of aliphatic hydroxyl groups is 1. The second kappa shape index (κ2) is 4.93. The minimum atomic E-state index is 0.0237. The standard InChI is InChI=1S/C6H10N2OS/c1-3-5(9)8-6(10)7-4-2/h3-4,9H,1-2H3,(H,8,10)/b5-3+,7-4-. The van der Waals surface area contributed by atoms with Crippen molar-refractivity contribution < 1.29 is 5.11 Å². The van der Waals surface area contributed by atoms with Gasteiger partial charge in [-0.25, -0.2) is 4.99 Å². The van der Waals surface area contributed by atoms with Gasteiger partial charge in [-0.1, -0.05) is 0 Å². The molecule has 0 unspecified atom stereocenters. The average Bonchev–Trinajstić information content (AvgIpc) is 1.88. The molecular formula is C6H10N2OS. The molecule has 0 aliphatic rings. The fourth-order valence-electron chi connectivity index (χ4n) is 0.331. The summed E-state index contributed by atoms with van der Waals surface area (Å²) in [6, 6.07) is 0. The molecule has 0 saturated carbocycles. The van der Waals surface area contributed by atoms with E-state index in [4.69, 9.17) is 5.11 Å². The summed E-state index contributed by atoms with van der Waals surface area (Å²) in [5, 5.41) is 11.6. The number of allylic oxidation sites excluding steroid dienone is 1. The Hall–Kier alpha value is -0.900. The monoisotopic (exact) mass is 158 g/mol. The topological polar surface area (TPSA) is 44.6 Å². The van der Waals surface area contributed by atoms with Gasteiger partial charge in [0.2, 0.25) is 0 Å². The zero-order chi connectivity index (χ0) is 7.98. The molecule has 0 aromatic heterocycles. The number of thiocarbonyl (C=S) groups is 1. The van der Waals surface area contributed by atoms with Gasteiger partial charge in [0, 0.05) is 6.21 Å². The Bertz CT molecular complexity index is 175. The maximum atomic E-state index is 8.84. The van der Waals surface area contributed by atoms with Crippen molar-refractivity contribution in [2.75, 3.05) is 0 Å². The van der Waals surface area contributed by atoms with Crippen molar-refractivity contribution >= 4 is 23.5 Å². The first-order chi connectivity index (χ1) is 4.70. The van der Waals surface area contributed by atoms with Gasteiger partial charge in [0.1, 0.15) is 0 Å². The van der Waals surface area contributed by atoms with Crippen molar-refractivity contribution in [3.63, 3.8) is 0 Å². The first-order valence-corrected chi connectivity index (χ1v) is 3.26. The summed E-state index contributed by atoms with van der Waals surface area (Å²) in [5.41, 5.74) is 0. The lowest BCUT2D eigenvalue weighted by atomic mass is 10.6. The van der Waals surface area contributed by atoms with Gasteiger partial charge in [-0.15, -0.1) is 0 Å². The van der Waals surface area contributed by atoms with Crippen molar-refractivity contribution in [1.82, 2.24) is 5.32 Å². The first-order valence-electron chi connectivity index (χ1n) is 2.85. The largest absolute Gasteiger partial charge is 0.495 e. The van der Waals surface area contributed by atoms with E-state index >= 15 is 0 Å². The highest BCUT2D eigenvalue weighted by Gasteiger charge is 1.90. The van der Waals surface area contributed by atoms with Crippen LogP contribution in [0.4, 0.5) is 0 Å². The molecule has 0 aromatic carbocycles. The van der Waals surface area contributed by atoms with Crippen LogP contribution in [0.5, 0.6) is 0 Å². The van der Waals surface area contributed by atoms with Crippen LogP contribution in [0.3, 0.4) is 0 Å². The lowest BCUT2D eigenvalue weighted by Crippen LogP contribution is -2.17. The SMILES string of the molecule is C/C=N\C(=S)N/C(O)=C\C. The quantitative estimate of drug-likeness (QED) is 0.344. The van der Waals surface area contributed by atoms with Crippen molar-refractivity contribution in [2.45, 2.75) is 13.8 Å². The molecule has 4 heteroatoms. The number of hydrogen-bond acceptors (Lipinski definition) is 2. The van der Waals surface area contributed by atoms with Gasteiger partial charge in [-0.2, -0.15) is 0 Å². The van der Waals surface area contributed by atoms with Crippen LogP contribution < -0.4 is 5.32 Å². The minimum absolute atomic E-state index is 0.0237. The van der Waals surface area contributed by atoms with E-state index < -0.39 is 0 Å². The van der Waals surface area contributed by atoms with Gasteiger partial charge < -0.3 is 10.4 Å². The maximum Gasteiger partial charge on any atom is 0.199 e. The lowest BCUT2D eigenvalue weighted by Gasteiger charge is -1.99. The molecule has 0 aliphatic heterocycles. The number of rotatable bonds is 1. The van der Waals surface area contributed by atoms with Gasteiger partial charge in [0.15, 0.2) is 11.0 Å². The molecular weight excluding hydrogens is 148 g/mol. The van der Waals surface area contributed by atoms with Crippen molar-refractivity contribution in [1.29, 1.82) is 0 Å². The highest BCUT2D eigenvalue weighted by Crippen LogP contribution is 1.82. The van der Waals surface area contributed by atoms with Crippen LogP contribution in [0.1, 0.15) is 13.8 Å². The molecule has 0 spiro atoms. The van der Waals surface area contributed by atoms with Crippen molar-refractivity contribution in [2.24, 2.45) is 4.99 Å². The third-order valence-electron chi connectivity index (χ3n) is 0.755. The second-order valence-corrected chi connectivity index (χ2v) is 1.88. The van der Waals surface area contributed by atoms with Crippen LogP contribution in [-0.2, 0) is 0 Å². The summed E-state index contributed by atoms with van der Waals surface area (Å²) in [4.78, 5) is 3.71. The Balaban J connectivity index is 3.80. The van der Waals surface area contributed by atoms with Crippen LogP contribution in [-0.4, -0.2) is 16.4 Å². The van der Waals surface area contributed by atoms with Crippen LogP contribution in [0.25, 0.3) is 0 Å². The summed E-state index contributed by atoms with van der Waals surface area (Å²) in [7, 11) is 0. The zero-order valence-corrected chi connectivity index (χ0v) is 6.77. The van der Waals surface area contributed by atoms with E-state index in [0.717, 1.165) is 0 Å². The van der Waals surface area contributed by atoms with E-state index in [-0.39, 0.29) is 11.0 Å². The normalized spacial score (nSPS) is 12.0. The smallest absolute Gasteiger partial charge is 0.199 e. The molecule has 0 rings (SSSR count). The molecule has 0 aliphatic carbocycles. The predicted molar refractivity (Wildman–Crippen MR) is 46.3 cm³/mol. The fraction of sp³-hybridized carbons (Fsp3) is 0.333.